The van der Waals surface area contributed by atoms with Crippen LogP contribution in [0, 0.1) is 5.82 Å². The highest BCUT2D eigenvalue weighted by atomic mass is 79.9. The number of hydrogen-bond acceptors (Lipinski definition) is 2. The van der Waals surface area contributed by atoms with E-state index in [0.717, 1.165) is 0 Å². The average Bonchev–Trinajstić information content (AvgIpc) is 2.04. The quantitative estimate of drug-likeness (QED) is 0.857. The molecule has 0 saturated carbocycles. The zero-order valence-electron chi connectivity index (χ0n) is 7.13. The van der Waals surface area contributed by atoms with Gasteiger partial charge in [0.2, 0.25) is 0 Å². The Bertz CT molecular complexity index is 271. The second-order valence-electron chi connectivity index (χ2n) is 2.82. The van der Waals surface area contributed by atoms with Crippen molar-refractivity contribution in [1.29, 1.82) is 0 Å². The average molecular weight is 247 g/mol. The predicted molar refractivity (Wildman–Crippen MR) is 54.7 cm³/mol. The van der Waals surface area contributed by atoms with Crippen LogP contribution >= 0.6 is 15.9 Å². The summed E-state index contributed by atoms with van der Waals surface area (Å²) >= 11 is 3.26. The fourth-order valence-electron chi connectivity index (χ4n) is 1.19. The molecule has 0 amide bonds. The molecule has 1 aromatic rings. The van der Waals surface area contributed by atoms with Crippen LogP contribution < -0.4 is 11.5 Å². The van der Waals surface area contributed by atoms with Gasteiger partial charge in [-0.3, -0.25) is 0 Å². The summed E-state index contributed by atoms with van der Waals surface area (Å²) in [7, 11) is 0. The van der Waals surface area contributed by atoms with Gasteiger partial charge in [0.1, 0.15) is 5.82 Å². The van der Waals surface area contributed by atoms with Crippen LogP contribution in [0.1, 0.15) is 18.0 Å². The van der Waals surface area contributed by atoms with Crippen LogP contribution in [0.3, 0.4) is 0 Å². The van der Waals surface area contributed by atoms with Gasteiger partial charge in [0.05, 0.1) is 0 Å². The lowest BCUT2D eigenvalue weighted by Gasteiger charge is -2.13. The first-order valence-electron chi connectivity index (χ1n) is 4.06. The summed E-state index contributed by atoms with van der Waals surface area (Å²) in [6, 6.07) is 4.48. The molecule has 0 heterocycles. The Morgan fingerprint density at radius 2 is 2.15 bits per heavy atom. The van der Waals surface area contributed by atoms with Crippen molar-refractivity contribution in [1.82, 2.24) is 0 Å². The minimum absolute atomic E-state index is 0.282. The van der Waals surface area contributed by atoms with Gasteiger partial charge in [0.25, 0.3) is 0 Å². The fraction of sp³-hybridized carbons (Fsp3) is 0.333. The Morgan fingerprint density at radius 3 is 2.69 bits per heavy atom. The fourth-order valence-corrected chi connectivity index (χ4v) is 1.82. The second-order valence-corrected chi connectivity index (χ2v) is 3.67. The number of rotatable bonds is 3. The highest BCUT2D eigenvalue weighted by molar-refractivity contribution is 9.10. The number of benzene rings is 1. The van der Waals surface area contributed by atoms with E-state index in [-0.39, 0.29) is 11.9 Å². The first kappa shape index (κ1) is 10.6. The summed E-state index contributed by atoms with van der Waals surface area (Å²) in [5.74, 6) is -0.282. The number of nitrogens with two attached hydrogens (primary N) is 2. The van der Waals surface area contributed by atoms with Gasteiger partial charge in [-0.15, -0.1) is 0 Å². The van der Waals surface area contributed by atoms with Crippen LogP contribution in [-0.2, 0) is 0 Å². The maximum Gasteiger partial charge on any atom is 0.129 e. The van der Waals surface area contributed by atoms with Crippen LogP contribution in [-0.4, -0.2) is 6.54 Å². The van der Waals surface area contributed by atoms with Crippen LogP contribution in [0.25, 0.3) is 0 Å². The van der Waals surface area contributed by atoms with Crippen molar-refractivity contribution < 1.29 is 4.39 Å². The zero-order chi connectivity index (χ0) is 9.84. The van der Waals surface area contributed by atoms with Gasteiger partial charge in [0, 0.05) is 16.1 Å². The third-order valence-corrected chi connectivity index (χ3v) is 2.54. The Hall–Kier alpha value is -0.450. The minimum Gasteiger partial charge on any atom is -0.330 e. The van der Waals surface area contributed by atoms with Crippen molar-refractivity contribution in [2.24, 2.45) is 11.5 Å². The van der Waals surface area contributed by atoms with E-state index in [1.54, 1.807) is 12.1 Å². The molecule has 0 bridgehead atoms. The molecule has 0 radical (unpaired) electrons. The SMILES string of the molecule is NCCC(N)c1c(F)cccc1Br. The highest BCUT2D eigenvalue weighted by Gasteiger charge is 2.13. The molecule has 0 aromatic heterocycles. The van der Waals surface area contributed by atoms with E-state index in [2.05, 4.69) is 15.9 Å². The maximum atomic E-state index is 13.3. The predicted octanol–water partition coefficient (Wildman–Crippen LogP) is 1.94. The first-order chi connectivity index (χ1) is 6.16. The first-order valence-corrected chi connectivity index (χ1v) is 4.85. The van der Waals surface area contributed by atoms with Gasteiger partial charge in [-0.2, -0.15) is 0 Å². The molecule has 2 nitrogen and oxygen atoms in total. The second kappa shape index (κ2) is 4.69. The smallest absolute Gasteiger partial charge is 0.129 e. The Balaban J connectivity index is 2.98. The molecule has 1 unspecified atom stereocenters. The van der Waals surface area contributed by atoms with E-state index in [1.807, 2.05) is 0 Å². The Kier molecular flexibility index (Phi) is 3.84. The molecule has 1 aromatic carbocycles. The molecule has 0 fully saturated rings. The molecule has 0 saturated heterocycles. The summed E-state index contributed by atoms with van der Waals surface area (Å²) < 4.78 is 14.0. The third kappa shape index (κ3) is 2.49. The van der Waals surface area contributed by atoms with Crippen molar-refractivity contribution in [3.05, 3.63) is 34.1 Å². The van der Waals surface area contributed by atoms with Gasteiger partial charge in [0.15, 0.2) is 0 Å². The van der Waals surface area contributed by atoms with E-state index in [4.69, 9.17) is 11.5 Å². The van der Waals surface area contributed by atoms with Gasteiger partial charge in [-0.25, -0.2) is 4.39 Å². The monoisotopic (exact) mass is 246 g/mol. The summed E-state index contributed by atoms with van der Waals surface area (Å²) in [5.41, 5.74) is 11.6. The normalized spacial score (nSPS) is 12.9. The molecule has 0 spiro atoms. The molecule has 4 N–H and O–H groups in total. The van der Waals surface area contributed by atoms with Gasteiger partial charge in [-0.1, -0.05) is 22.0 Å². The highest BCUT2D eigenvalue weighted by Crippen LogP contribution is 2.26. The molecule has 0 aliphatic heterocycles. The van der Waals surface area contributed by atoms with Crippen LogP contribution in [0.2, 0.25) is 0 Å². The number of hydrogen-bond donors (Lipinski definition) is 2. The Labute approximate surface area is 85.2 Å². The van der Waals surface area contributed by atoms with Gasteiger partial charge >= 0.3 is 0 Å². The largest absolute Gasteiger partial charge is 0.330 e. The van der Waals surface area contributed by atoms with Crippen molar-refractivity contribution in [2.75, 3.05) is 6.54 Å². The minimum atomic E-state index is -0.333. The molecule has 1 atom stereocenters. The lowest BCUT2D eigenvalue weighted by molar-refractivity contribution is 0.565. The topological polar surface area (TPSA) is 52.0 Å². The van der Waals surface area contributed by atoms with E-state index >= 15 is 0 Å². The molecule has 1 rings (SSSR count). The Morgan fingerprint density at radius 1 is 1.46 bits per heavy atom. The molecule has 72 valence electrons. The molecule has 4 heteroatoms. The molecule has 0 aliphatic rings. The standard InChI is InChI=1S/C9H12BrFN2/c10-6-2-1-3-7(11)9(6)8(13)4-5-12/h1-3,8H,4-5,12-13H2. The third-order valence-electron chi connectivity index (χ3n) is 1.85. The molecular weight excluding hydrogens is 235 g/mol. The van der Waals surface area contributed by atoms with E-state index < -0.39 is 0 Å². The van der Waals surface area contributed by atoms with E-state index in [1.165, 1.54) is 6.07 Å². The van der Waals surface area contributed by atoms with Crippen LogP contribution in [0.15, 0.2) is 22.7 Å². The van der Waals surface area contributed by atoms with E-state index in [9.17, 15) is 4.39 Å². The van der Waals surface area contributed by atoms with Crippen molar-refractivity contribution >= 4 is 15.9 Å². The molecule has 0 aliphatic carbocycles. The summed E-state index contributed by atoms with van der Waals surface area (Å²) in [6.45, 7) is 0.460. The lowest BCUT2D eigenvalue weighted by Crippen LogP contribution is -2.17. The van der Waals surface area contributed by atoms with Gasteiger partial charge < -0.3 is 11.5 Å². The van der Waals surface area contributed by atoms with Crippen molar-refractivity contribution in [3.63, 3.8) is 0 Å². The van der Waals surface area contributed by atoms with E-state index in [0.29, 0.717) is 23.0 Å². The van der Waals surface area contributed by atoms with Gasteiger partial charge in [-0.05, 0) is 25.1 Å². The summed E-state index contributed by atoms with van der Waals surface area (Å²) in [5, 5.41) is 0. The summed E-state index contributed by atoms with van der Waals surface area (Å²) in [4.78, 5) is 0. The summed E-state index contributed by atoms with van der Waals surface area (Å²) in [6.07, 6.45) is 0.583. The molecule has 13 heavy (non-hydrogen) atoms. The maximum absolute atomic E-state index is 13.3. The van der Waals surface area contributed by atoms with Crippen molar-refractivity contribution in [3.8, 4) is 0 Å². The van der Waals surface area contributed by atoms with Crippen molar-refractivity contribution in [2.45, 2.75) is 12.5 Å². The lowest BCUT2D eigenvalue weighted by atomic mass is 10.0. The van der Waals surface area contributed by atoms with Crippen LogP contribution in [0.4, 0.5) is 4.39 Å². The zero-order valence-corrected chi connectivity index (χ0v) is 8.72. The molecular formula is C9H12BrFN2. The number of halogens is 2. The van der Waals surface area contributed by atoms with Crippen LogP contribution in [0.5, 0.6) is 0 Å².